The van der Waals surface area contributed by atoms with Crippen molar-refractivity contribution in [1.29, 1.82) is 0 Å². The monoisotopic (exact) mass is 357 g/mol. The lowest BCUT2D eigenvalue weighted by Gasteiger charge is -2.55. The van der Waals surface area contributed by atoms with Crippen LogP contribution < -0.4 is 10.6 Å². The second-order valence-corrected chi connectivity index (χ2v) is 7.52. The number of benzene rings is 1. The number of imide groups is 2. The van der Waals surface area contributed by atoms with Crippen molar-refractivity contribution in [3.8, 4) is 0 Å². The standard InChI is InChI=1S/C18H23N5O3/c1-20-6-7-23-13-5-4-12(19)8-11(13)9-18(14(23)10-20)15(24)21(2)17(26)22(3)16(18)25/h4-5,8,14H,6-7,9-10,19H2,1-3H3/t14-/m0/s1. The van der Waals surface area contributed by atoms with Gasteiger partial charge in [-0.15, -0.1) is 0 Å². The van der Waals surface area contributed by atoms with Crippen molar-refractivity contribution in [3.05, 3.63) is 23.8 Å². The number of hydrogen-bond donors (Lipinski definition) is 1. The van der Waals surface area contributed by atoms with Gasteiger partial charge in [-0.2, -0.15) is 0 Å². The fourth-order valence-electron chi connectivity index (χ4n) is 4.60. The average Bonchev–Trinajstić information content (AvgIpc) is 2.62. The maximum atomic E-state index is 13.3. The Hall–Kier alpha value is -2.61. The van der Waals surface area contributed by atoms with E-state index in [2.05, 4.69) is 9.80 Å². The minimum absolute atomic E-state index is 0.252. The third-order valence-electron chi connectivity index (χ3n) is 5.98. The number of amides is 4. The predicted octanol–water partition coefficient (Wildman–Crippen LogP) is -0.0179. The number of piperazine rings is 1. The molecule has 0 bridgehead atoms. The summed E-state index contributed by atoms with van der Waals surface area (Å²) in [5.41, 5.74) is 7.15. The van der Waals surface area contributed by atoms with Crippen LogP contribution in [0.3, 0.4) is 0 Å². The van der Waals surface area contributed by atoms with Crippen LogP contribution in [0.4, 0.5) is 16.2 Å². The zero-order valence-corrected chi connectivity index (χ0v) is 15.2. The molecule has 3 aliphatic rings. The molecule has 0 unspecified atom stereocenters. The van der Waals surface area contributed by atoms with E-state index >= 15 is 0 Å². The van der Waals surface area contributed by atoms with Gasteiger partial charge in [-0.05, 0) is 37.2 Å². The third kappa shape index (κ3) is 2.02. The van der Waals surface area contributed by atoms with E-state index < -0.39 is 23.3 Å². The smallest absolute Gasteiger partial charge is 0.332 e. The van der Waals surface area contributed by atoms with Crippen LogP contribution in [-0.2, 0) is 16.0 Å². The Balaban J connectivity index is 1.93. The third-order valence-corrected chi connectivity index (χ3v) is 5.98. The van der Waals surface area contributed by atoms with E-state index in [0.717, 1.165) is 27.6 Å². The van der Waals surface area contributed by atoms with E-state index in [1.807, 2.05) is 25.2 Å². The topological polar surface area (TPSA) is 90.2 Å². The molecule has 8 nitrogen and oxygen atoms in total. The lowest BCUT2D eigenvalue weighted by molar-refractivity contribution is -0.160. The molecule has 0 saturated carbocycles. The summed E-state index contributed by atoms with van der Waals surface area (Å²) in [5, 5.41) is 0. The Morgan fingerprint density at radius 1 is 1.04 bits per heavy atom. The molecule has 0 aromatic heterocycles. The van der Waals surface area contributed by atoms with E-state index in [1.54, 1.807) is 0 Å². The molecule has 2 saturated heterocycles. The number of nitrogens with zero attached hydrogens (tertiary/aromatic N) is 4. The van der Waals surface area contributed by atoms with E-state index in [-0.39, 0.29) is 12.5 Å². The van der Waals surface area contributed by atoms with Crippen LogP contribution in [-0.4, -0.2) is 79.4 Å². The van der Waals surface area contributed by atoms with E-state index in [0.29, 0.717) is 18.8 Å². The van der Waals surface area contributed by atoms with Crippen LogP contribution in [0.15, 0.2) is 18.2 Å². The fourth-order valence-corrected chi connectivity index (χ4v) is 4.60. The van der Waals surface area contributed by atoms with Gasteiger partial charge in [0.05, 0.1) is 6.04 Å². The predicted molar refractivity (Wildman–Crippen MR) is 96.6 cm³/mol. The number of hydrogen-bond acceptors (Lipinski definition) is 6. The molecular formula is C18H23N5O3. The lowest BCUT2D eigenvalue weighted by atomic mass is 9.67. The normalized spacial score (nSPS) is 25.6. The Labute approximate surface area is 152 Å². The highest BCUT2D eigenvalue weighted by atomic mass is 16.2. The van der Waals surface area contributed by atoms with E-state index in [9.17, 15) is 14.4 Å². The summed E-state index contributed by atoms with van der Waals surface area (Å²) in [6, 6.07) is 4.74. The first kappa shape index (κ1) is 16.8. The van der Waals surface area contributed by atoms with Gasteiger partial charge in [0.15, 0.2) is 5.41 Å². The van der Waals surface area contributed by atoms with Crippen molar-refractivity contribution >= 4 is 29.2 Å². The zero-order chi connectivity index (χ0) is 18.8. The molecule has 4 rings (SSSR count). The highest BCUT2D eigenvalue weighted by Gasteiger charge is 2.63. The molecule has 4 amide bonds. The quantitative estimate of drug-likeness (QED) is 0.519. The number of carbonyl (C=O) groups is 3. The van der Waals surface area contributed by atoms with Crippen LogP contribution in [0.25, 0.3) is 0 Å². The molecule has 0 radical (unpaired) electrons. The summed E-state index contributed by atoms with van der Waals surface area (Å²) in [4.78, 5) is 45.3. The molecular weight excluding hydrogens is 334 g/mol. The molecule has 1 aromatic carbocycles. The van der Waals surface area contributed by atoms with Gasteiger partial charge in [0.1, 0.15) is 0 Å². The minimum atomic E-state index is -1.31. The van der Waals surface area contributed by atoms with Crippen LogP contribution in [0.2, 0.25) is 0 Å². The van der Waals surface area contributed by atoms with Gasteiger partial charge in [-0.25, -0.2) is 4.79 Å². The van der Waals surface area contributed by atoms with Crippen LogP contribution in [0, 0.1) is 5.41 Å². The van der Waals surface area contributed by atoms with Crippen molar-refractivity contribution < 1.29 is 14.4 Å². The fraction of sp³-hybridized carbons (Fsp3) is 0.500. The van der Waals surface area contributed by atoms with E-state index in [1.165, 1.54) is 14.1 Å². The first-order valence-electron chi connectivity index (χ1n) is 8.71. The Bertz CT molecular complexity index is 799. The van der Waals surface area contributed by atoms with Crippen molar-refractivity contribution in [2.45, 2.75) is 12.5 Å². The molecule has 2 N–H and O–H groups in total. The number of nitrogen functional groups attached to an aromatic ring is 1. The SMILES string of the molecule is CN1CCN2c3ccc(N)cc3CC3(C(=O)N(C)C(=O)N(C)C3=O)[C@@H]2C1. The molecule has 8 heteroatoms. The minimum Gasteiger partial charge on any atom is -0.399 e. The Kier molecular flexibility index (Phi) is 3.52. The second kappa shape index (κ2) is 5.44. The maximum absolute atomic E-state index is 13.3. The van der Waals surface area contributed by atoms with Gasteiger partial charge in [0.2, 0.25) is 11.8 Å². The van der Waals surface area contributed by atoms with Crippen LogP contribution >= 0.6 is 0 Å². The molecule has 0 aliphatic carbocycles. The Morgan fingerprint density at radius 2 is 1.69 bits per heavy atom. The summed E-state index contributed by atoms with van der Waals surface area (Å²) in [5.74, 6) is -0.854. The van der Waals surface area contributed by atoms with Gasteiger partial charge in [-0.3, -0.25) is 19.4 Å². The summed E-state index contributed by atoms with van der Waals surface area (Å²) < 4.78 is 0. The number of anilines is 2. The molecule has 26 heavy (non-hydrogen) atoms. The molecule has 3 aliphatic heterocycles. The lowest BCUT2D eigenvalue weighted by Crippen LogP contribution is -2.74. The number of nitrogens with two attached hydrogens (primary N) is 1. The summed E-state index contributed by atoms with van der Waals surface area (Å²) >= 11 is 0. The molecule has 1 atom stereocenters. The summed E-state index contributed by atoms with van der Waals surface area (Å²) in [6.45, 7) is 2.13. The number of fused-ring (bicyclic) bond motifs is 4. The zero-order valence-electron chi connectivity index (χ0n) is 15.2. The highest BCUT2D eigenvalue weighted by molar-refractivity contribution is 6.20. The first-order valence-corrected chi connectivity index (χ1v) is 8.71. The van der Waals surface area contributed by atoms with Crippen LogP contribution in [0.1, 0.15) is 5.56 Å². The van der Waals surface area contributed by atoms with E-state index in [4.69, 9.17) is 5.73 Å². The maximum Gasteiger partial charge on any atom is 0.332 e. The summed E-state index contributed by atoms with van der Waals surface area (Å²) in [6.07, 6.45) is 0.252. The molecule has 2 fully saturated rings. The summed E-state index contributed by atoms with van der Waals surface area (Å²) in [7, 11) is 4.88. The van der Waals surface area contributed by atoms with Crippen molar-refractivity contribution in [2.24, 2.45) is 5.41 Å². The number of urea groups is 1. The number of rotatable bonds is 0. The largest absolute Gasteiger partial charge is 0.399 e. The average molecular weight is 357 g/mol. The van der Waals surface area contributed by atoms with Crippen LogP contribution in [0.5, 0.6) is 0 Å². The van der Waals surface area contributed by atoms with Gasteiger partial charge >= 0.3 is 6.03 Å². The van der Waals surface area contributed by atoms with Gasteiger partial charge in [0.25, 0.3) is 0 Å². The first-order chi connectivity index (χ1) is 12.3. The van der Waals surface area contributed by atoms with Gasteiger partial charge in [0, 0.05) is 45.1 Å². The van der Waals surface area contributed by atoms with Crippen molar-refractivity contribution in [2.75, 3.05) is 51.4 Å². The van der Waals surface area contributed by atoms with Gasteiger partial charge in [-0.1, -0.05) is 0 Å². The highest BCUT2D eigenvalue weighted by Crippen LogP contribution is 2.46. The number of barbiturate groups is 1. The molecule has 3 heterocycles. The molecule has 138 valence electrons. The molecule has 1 spiro atoms. The molecule has 1 aromatic rings. The second-order valence-electron chi connectivity index (χ2n) is 7.52. The number of carbonyl (C=O) groups excluding carboxylic acids is 3. The Morgan fingerprint density at radius 3 is 2.35 bits per heavy atom. The van der Waals surface area contributed by atoms with Gasteiger partial charge < -0.3 is 15.5 Å². The van der Waals surface area contributed by atoms with Crippen molar-refractivity contribution in [3.63, 3.8) is 0 Å². The van der Waals surface area contributed by atoms with Crippen molar-refractivity contribution in [1.82, 2.24) is 14.7 Å². The number of likely N-dealkylation sites (N-methyl/N-ethyl adjacent to an activating group) is 1.